The van der Waals surface area contributed by atoms with E-state index in [1.54, 1.807) is 7.05 Å². The highest BCUT2D eigenvalue weighted by atomic mass is 35.5. The number of likely N-dealkylation sites (N-methyl/N-ethyl adjacent to an activating group) is 1. The van der Waals surface area contributed by atoms with E-state index in [4.69, 9.17) is 28.9 Å². The Morgan fingerprint density at radius 3 is 1.81 bits per heavy atom. The van der Waals surface area contributed by atoms with Gasteiger partial charge in [0.05, 0.1) is 20.6 Å². The number of carbonyl (C=O) groups is 1. The summed E-state index contributed by atoms with van der Waals surface area (Å²) in [6.45, 7) is 1.31. The summed E-state index contributed by atoms with van der Waals surface area (Å²) in [6, 6.07) is 30.8. The third kappa shape index (κ3) is 10.2. The Morgan fingerprint density at radius 1 is 0.833 bits per heavy atom. The zero-order valence-corrected chi connectivity index (χ0v) is 26.0. The summed E-state index contributed by atoms with van der Waals surface area (Å²) in [6.07, 6.45) is 0.792. The first-order chi connectivity index (χ1) is 20.1. The summed E-state index contributed by atoms with van der Waals surface area (Å²) in [5.74, 6) is -0.342. The molecule has 7 nitrogen and oxygen atoms in total. The van der Waals surface area contributed by atoms with E-state index in [1.807, 2.05) is 85.9 Å². The largest absolute Gasteiger partial charge is 0.396 e. The van der Waals surface area contributed by atoms with Crippen molar-refractivity contribution < 1.29 is 13.2 Å². The fourth-order valence-corrected chi connectivity index (χ4v) is 6.05. The Hall–Kier alpha value is -3.40. The van der Waals surface area contributed by atoms with Crippen molar-refractivity contribution in [3.63, 3.8) is 0 Å². The Bertz CT molecular complexity index is 1500. The maximum Gasteiger partial charge on any atom is 0.241 e. The smallest absolute Gasteiger partial charge is 0.241 e. The van der Waals surface area contributed by atoms with E-state index in [9.17, 15) is 13.2 Å². The lowest BCUT2D eigenvalue weighted by atomic mass is 10.0. The minimum atomic E-state index is -4.10. The summed E-state index contributed by atoms with van der Waals surface area (Å²) in [4.78, 5) is 14.6. The average molecular weight is 628 g/mol. The third-order valence-electron chi connectivity index (χ3n) is 6.39. The van der Waals surface area contributed by atoms with Gasteiger partial charge in [-0.1, -0.05) is 114 Å². The van der Waals surface area contributed by atoms with Crippen LogP contribution in [0.25, 0.3) is 0 Å². The van der Waals surface area contributed by atoms with Crippen LogP contribution in [0.1, 0.15) is 23.1 Å². The predicted molar refractivity (Wildman–Crippen MR) is 172 cm³/mol. The Balaban J connectivity index is 0.000000458. The maximum absolute atomic E-state index is 13.3. The van der Waals surface area contributed by atoms with Gasteiger partial charge in [-0.3, -0.25) is 4.79 Å². The molecule has 0 saturated carbocycles. The molecule has 10 heteroatoms. The van der Waals surface area contributed by atoms with Crippen LogP contribution in [0.2, 0.25) is 10.0 Å². The van der Waals surface area contributed by atoms with Gasteiger partial charge in [0.25, 0.3) is 0 Å². The SMILES string of the molecule is CN(Cc1ccccc1)C(=O)[C@@H](CCc1ccccc1)NS(=O)(=O)c1cc(Cl)c(N)c(Cl)c1.CNCc1ccccc1. The molecule has 0 aliphatic rings. The monoisotopic (exact) mass is 626 g/mol. The summed E-state index contributed by atoms with van der Waals surface area (Å²) in [7, 11) is -0.499. The summed E-state index contributed by atoms with van der Waals surface area (Å²) >= 11 is 12.1. The number of nitrogens with two attached hydrogens (primary N) is 1. The van der Waals surface area contributed by atoms with Crippen LogP contribution in [-0.2, 0) is 34.3 Å². The molecular weight excluding hydrogens is 591 g/mol. The topological polar surface area (TPSA) is 105 Å². The van der Waals surface area contributed by atoms with Crippen LogP contribution in [0, 0.1) is 0 Å². The molecule has 4 aromatic rings. The standard InChI is InChI=1S/C24H25Cl2N3O3S.C8H11N/c1-29(16-18-10-6-3-7-11-18)24(30)22(13-12-17-8-4-2-5-9-17)28-33(31,32)19-14-20(25)23(27)21(26)15-19;1-9-7-8-5-3-2-4-6-8/h2-11,14-15,22,28H,12-13,16,27H2,1H3;2-6,9H,7H2,1H3/t22-;/m1./s1. The van der Waals surface area contributed by atoms with Crippen LogP contribution in [0.3, 0.4) is 0 Å². The number of rotatable bonds is 11. The molecule has 222 valence electrons. The van der Waals surface area contributed by atoms with Crippen LogP contribution >= 0.6 is 23.2 Å². The molecule has 1 atom stereocenters. The van der Waals surface area contributed by atoms with Gasteiger partial charge in [0.15, 0.2) is 0 Å². The van der Waals surface area contributed by atoms with Crippen LogP contribution in [0.4, 0.5) is 5.69 Å². The minimum Gasteiger partial charge on any atom is -0.396 e. The molecule has 0 radical (unpaired) electrons. The fraction of sp³-hybridized carbons (Fsp3) is 0.219. The number of benzene rings is 4. The number of nitrogens with one attached hydrogen (secondary N) is 2. The molecule has 4 rings (SSSR count). The Kier molecular flexibility index (Phi) is 12.8. The number of hydrogen-bond donors (Lipinski definition) is 3. The van der Waals surface area contributed by atoms with Crippen molar-refractivity contribution in [2.75, 3.05) is 19.8 Å². The molecular formula is C32H36Cl2N4O3S. The van der Waals surface area contributed by atoms with E-state index in [-0.39, 0.29) is 33.0 Å². The van der Waals surface area contributed by atoms with Gasteiger partial charge in [0, 0.05) is 20.1 Å². The maximum atomic E-state index is 13.3. The van der Waals surface area contributed by atoms with Crippen molar-refractivity contribution in [1.82, 2.24) is 14.9 Å². The summed E-state index contributed by atoms with van der Waals surface area (Å²) in [5.41, 5.74) is 9.09. The molecule has 0 saturated heterocycles. The van der Waals surface area contributed by atoms with E-state index < -0.39 is 16.1 Å². The molecule has 0 aromatic heterocycles. The molecule has 42 heavy (non-hydrogen) atoms. The van der Waals surface area contributed by atoms with E-state index >= 15 is 0 Å². The van der Waals surface area contributed by atoms with Gasteiger partial charge in [-0.15, -0.1) is 0 Å². The van der Waals surface area contributed by atoms with Gasteiger partial charge < -0.3 is 16.0 Å². The highest BCUT2D eigenvalue weighted by Crippen LogP contribution is 2.31. The van der Waals surface area contributed by atoms with Gasteiger partial charge in [-0.05, 0) is 48.7 Å². The fourth-order valence-electron chi connectivity index (χ4n) is 4.16. The van der Waals surface area contributed by atoms with E-state index in [0.717, 1.165) is 17.7 Å². The second kappa shape index (κ2) is 16.3. The van der Waals surface area contributed by atoms with Crippen molar-refractivity contribution >= 4 is 44.8 Å². The van der Waals surface area contributed by atoms with Crippen molar-refractivity contribution in [2.24, 2.45) is 0 Å². The van der Waals surface area contributed by atoms with E-state index in [2.05, 4.69) is 22.2 Å². The molecule has 0 bridgehead atoms. The second-order valence-electron chi connectivity index (χ2n) is 9.69. The number of anilines is 1. The second-order valence-corrected chi connectivity index (χ2v) is 12.2. The first-order valence-corrected chi connectivity index (χ1v) is 15.6. The van der Waals surface area contributed by atoms with Gasteiger partial charge in [0.1, 0.15) is 6.04 Å². The summed E-state index contributed by atoms with van der Waals surface area (Å²) in [5, 5.41) is 3.13. The quantitative estimate of drug-likeness (QED) is 0.179. The molecule has 4 aromatic carbocycles. The number of aryl methyl sites for hydroxylation is 1. The number of halogens is 2. The Labute approximate surface area is 258 Å². The average Bonchev–Trinajstić information content (AvgIpc) is 2.99. The van der Waals surface area contributed by atoms with Crippen molar-refractivity contribution in [2.45, 2.75) is 36.9 Å². The zero-order valence-electron chi connectivity index (χ0n) is 23.6. The first kappa shape index (κ1) is 33.1. The number of hydrogen-bond acceptors (Lipinski definition) is 5. The molecule has 0 spiro atoms. The van der Waals surface area contributed by atoms with E-state index in [1.165, 1.54) is 22.6 Å². The van der Waals surface area contributed by atoms with Crippen molar-refractivity contribution in [1.29, 1.82) is 0 Å². The molecule has 0 aliphatic heterocycles. The van der Waals surface area contributed by atoms with Crippen LogP contribution < -0.4 is 15.8 Å². The first-order valence-electron chi connectivity index (χ1n) is 13.4. The number of nitrogens with zero attached hydrogens (tertiary/aromatic N) is 1. The number of sulfonamides is 1. The highest BCUT2D eigenvalue weighted by molar-refractivity contribution is 7.89. The summed E-state index contributed by atoms with van der Waals surface area (Å²) < 4.78 is 28.8. The zero-order chi connectivity index (χ0) is 30.5. The highest BCUT2D eigenvalue weighted by Gasteiger charge is 2.29. The molecule has 0 unspecified atom stereocenters. The lowest BCUT2D eigenvalue weighted by Gasteiger charge is -2.25. The lowest BCUT2D eigenvalue weighted by Crippen LogP contribution is -2.47. The molecule has 0 aliphatic carbocycles. The lowest BCUT2D eigenvalue weighted by molar-refractivity contribution is -0.132. The molecule has 0 fully saturated rings. The van der Waals surface area contributed by atoms with Crippen molar-refractivity contribution in [3.05, 3.63) is 130 Å². The van der Waals surface area contributed by atoms with Gasteiger partial charge >= 0.3 is 0 Å². The number of nitrogen functional groups attached to an aromatic ring is 1. The number of carbonyl (C=O) groups excluding carboxylic acids is 1. The predicted octanol–water partition coefficient (Wildman–Crippen LogP) is 5.92. The number of amides is 1. The van der Waals surface area contributed by atoms with Crippen LogP contribution in [-0.4, -0.2) is 39.4 Å². The van der Waals surface area contributed by atoms with Crippen LogP contribution in [0.5, 0.6) is 0 Å². The van der Waals surface area contributed by atoms with Gasteiger partial charge in [0.2, 0.25) is 15.9 Å². The molecule has 1 amide bonds. The molecule has 0 heterocycles. The van der Waals surface area contributed by atoms with Gasteiger partial charge in [-0.25, -0.2) is 8.42 Å². The van der Waals surface area contributed by atoms with Crippen molar-refractivity contribution in [3.8, 4) is 0 Å². The normalized spacial score (nSPS) is 11.7. The van der Waals surface area contributed by atoms with Gasteiger partial charge in [-0.2, -0.15) is 4.72 Å². The van der Waals surface area contributed by atoms with Crippen LogP contribution in [0.15, 0.2) is 108 Å². The van der Waals surface area contributed by atoms with E-state index in [0.29, 0.717) is 13.0 Å². The molecule has 4 N–H and O–H groups in total. The Morgan fingerprint density at radius 2 is 1.31 bits per heavy atom. The minimum absolute atomic E-state index is 0.0243. The third-order valence-corrected chi connectivity index (χ3v) is 8.46.